The second-order valence-electron chi connectivity index (χ2n) is 30.8. The van der Waals surface area contributed by atoms with E-state index in [-0.39, 0.29) is 103 Å². The van der Waals surface area contributed by atoms with Crippen LogP contribution in [0.2, 0.25) is 0 Å². The van der Waals surface area contributed by atoms with E-state index >= 15 is 9.59 Å². The summed E-state index contributed by atoms with van der Waals surface area (Å²) in [5.41, 5.74) is -0.636. The number of unbranched alkanes of at least 4 members (excludes halogenated alkanes) is 1. The lowest BCUT2D eigenvalue weighted by Gasteiger charge is -2.27. The number of hydrogen-bond donors (Lipinski definition) is 24. The summed E-state index contributed by atoms with van der Waals surface area (Å²) in [6.07, 6.45) is -6.61. The summed E-state index contributed by atoms with van der Waals surface area (Å²) in [6.45, 7) is -2.18. The molecule has 0 aromatic heterocycles. The molecule has 46 nitrogen and oxygen atoms in total. The molecule has 716 valence electrons. The first-order valence-electron chi connectivity index (χ1n) is 41.8. The maximum absolute atomic E-state index is 15.2. The topological polar surface area (TPSA) is 735 Å². The fourth-order valence-electron chi connectivity index (χ4n) is 13.7. The lowest BCUT2D eigenvalue weighted by Crippen LogP contribution is -2.59. The number of carboxylic acids is 11. The minimum atomic E-state index is -1.87. The maximum Gasteiger partial charge on any atom is 0.335 e. The Hall–Kier alpha value is -15.3. The van der Waals surface area contributed by atoms with E-state index in [2.05, 4.69) is 53.2 Å². The highest BCUT2D eigenvalue weighted by Crippen LogP contribution is 2.22. The van der Waals surface area contributed by atoms with Crippen molar-refractivity contribution in [3.05, 3.63) is 161 Å². The van der Waals surface area contributed by atoms with E-state index in [1.54, 1.807) is 72.8 Å². The van der Waals surface area contributed by atoms with Crippen molar-refractivity contribution in [2.24, 2.45) is 0 Å². The number of aliphatic carboxylic acids is 9. The predicted molar refractivity (Wildman–Crippen MR) is 465 cm³/mol. The van der Waals surface area contributed by atoms with Gasteiger partial charge in [-0.1, -0.05) is 97.1 Å². The normalized spacial score (nSPS) is 13.1. The van der Waals surface area contributed by atoms with Crippen molar-refractivity contribution in [3.8, 4) is 5.75 Å². The standard InChI is InChI=1S/C87H106N14O32/c102-58-20-16-48(17-21-58)38-65(96-77(116)64(39-49-14-18-51-8-1-3-10-53(51)36-49)93-69(104)25-22-59(82(123)124)89-31-33-101(47-74(112)113)35-34-100(46-73(110)111)32-30-88-45-72(108)109)79(118)97-66(40-50-15-19-52-9-2-4-11-54(52)37-50)78(117)94-61(84(127)128)12-5-6-28-91-76(115)67(95-75(114)55-41-56(80(119)120)43-57(42-55)81(121)122)44-70(105)90-29-7-13-60(83(125)126)92-68(103)26-23-62(85(129)130)98-87(133)99-63(86(131)132)24-27-71(106)107/h1-4,8-11,14-21,36-37,41-43,59-67,88-89,102H,5-7,12-13,22-35,38-40,44-47H2,(H,90,105)(H,91,115)(H,92,103)(H,93,104)(H,94,117)(H,95,114)(H,96,116)(H,97,118)(H,106,107)(H,108,109)(H,110,111)(H,112,113)(H,119,120)(H,121,122)(H,123,124)(H,125,126)(H,127,128)(H,129,130)(H,131,132)(H2,98,99,133)/t59?,60?,61-,62+,63+,64+,65-,66-,67-/m1/s1. The zero-order valence-corrected chi connectivity index (χ0v) is 71.6. The van der Waals surface area contributed by atoms with Crippen LogP contribution in [-0.4, -0.2) is 316 Å². The number of rotatable bonds is 62. The maximum atomic E-state index is 15.2. The summed E-state index contributed by atoms with van der Waals surface area (Å²) in [4.78, 5) is 260. The molecule has 24 N–H and O–H groups in total. The average Bonchev–Trinajstić information content (AvgIpc) is 0.841. The predicted octanol–water partition coefficient (Wildman–Crippen LogP) is -0.791. The van der Waals surface area contributed by atoms with Gasteiger partial charge in [-0.15, -0.1) is 0 Å². The summed E-state index contributed by atoms with van der Waals surface area (Å²) in [5, 5.41) is 149. The fraction of sp³-hybridized carbons (Fsp3) is 0.402. The Kier molecular flexibility index (Phi) is 43.4. The number of carbonyl (C=O) groups excluding carboxylic acids is 9. The summed E-state index contributed by atoms with van der Waals surface area (Å²) in [5.74, 6) is -24.7. The van der Waals surface area contributed by atoms with Crippen LogP contribution in [0.1, 0.15) is 125 Å². The minimum absolute atomic E-state index is 0.0139. The highest BCUT2D eigenvalue weighted by atomic mass is 16.4. The van der Waals surface area contributed by atoms with Crippen molar-refractivity contribution in [1.82, 2.24) is 73.6 Å². The van der Waals surface area contributed by atoms with Gasteiger partial charge in [0.25, 0.3) is 5.91 Å². The minimum Gasteiger partial charge on any atom is -0.508 e. The molecule has 0 fully saturated rings. The summed E-state index contributed by atoms with van der Waals surface area (Å²) < 4.78 is 0. The van der Waals surface area contributed by atoms with Gasteiger partial charge in [-0.25, -0.2) is 33.6 Å². The molecule has 0 bridgehead atoms. The molecular formula is C87H106N14O32. The number of phenols is 1. The van der Waals surface area contributed by atoms with Gasteiger partial charge >= 0.3 is 71.7 Å². The number of aromatic carboxylic acids is 2. The average molecular weight is 1860 g/mol. The van der Waals surface area contributed by atoms with Gasteiger partial charge in [0.1, 0.15) is 60.1 Å². The van der Waals surface area contributed by atoms with Gasteiger partial charge in [0, 0.05) is 96.4 Å². The van der Waals surface area contributed by atoms with Crippen LogP contribution in [-0.2, 0) is 96.0 Å². The Morgan fingerprint density at radius 1 is 0.308 bits per heavy atom. The van der Waals surface area contributed by atoms with Crippen molar-refractivity contribution >= 4 is 140 Å². The van der Waals surface area contributed by atoms with Crippen molar-refractivity contribution in [1.29, 1.82) is 0 Å². The largest absolute Gasteiger partial charge is 0.508 e. The number of carboxylic acid groups (broad SMARTS) is 11. The van der Waals surface area contributed by atoms with Gasteiger partial charge in [0.15, 0.2) is 0 Å². The molecule has 2 unspecified atom stereocenters. The van der Waals surface area contributed by atoms with E-state index in [1.165, 1.54) is 34.1 Å². The first-order valence-corrected chi connectivity index (χ1v) is 41.8. The quantitative estimate of drug-likeness (QED) is 0.0208. The van der Waals surface area contributed by atoms with E-state index in [0.717, 1.165) is 34.4 Å². The number of carbonyl (C=O) groups is 20. The van der Waals surface area contributed by atoms with Crippen molar-refractivity contribution in [2.75, 3.05) is 72.0 Å². The molecular weight excluding hydrogens is 1750 g/mol. The van der Waals surface area contributed by atoms with Crippen molar-refractivity contribution in [3.63, 3.8) is 0 Å². The SMILES string of the molecule is O=C(O)CC[C@H](NC(=O)N[C@@H](CCC(=O)NC(CCCNC(=O)C[C@@H](NC(=O)c1cc(C(=O)O)cc(C(=O)O)c1)C(=O)NCCCC[C@@H](NC(=O)[C@@H](Cc1ccc2ccccc2c1)NC(=O)[C@@H](Cc1ccc(O)cc1)NC(=O)[C@H](Cc1ccc2ccccc2c1)NC(=O)CCC(NCCN(CCN(CCNCC(=O)O)CC(=O)O)CC(=O)O)C(=O)O)C(=O)O)C(=O)O)C(=O)O)C(=O)O. The molecule has 9 atom stereocenters. The second-order valence-corrected chi connectivity index (χ2v) is 30.8. The Bertz CT molecular complexity index is 5160. The zero-order chi connectivity index (χ0) is 98.0. The number of nitrogens with zero attached hydrogens (tertiary/aromatic N) is 2. The van der Waals surface area contributed by atoms with E-state index < -0.39 is 261 Å². The monoisotopic (exact) mass is 1860 g/mol. The first-order chi connectivity index (χ1) is 63.1. The smallest absolute Gasteiger partial charge is 0.335 e. The van der Waals surface area contributed by atoms with Crippen LogP contribution >= 0.6 is 0 Å². The number of hydrogen-bond acceptors (Lipinski definition) is 25. The van der Waals surface area contributed by atoms with Crippen LogP contribution in [0.5, 0.6) is 5.75 Å². The highest BCUT2D eigenvalue weighted by molar-refractivity contribution is 6.04. The number of fused-ring (bicyclic) bond motifs is 2. The molecule has 0 saturated carbocycles. The summed E-state index contributed by atoms with van der Waals surface area (Å²) >= 11 is 0. The van der Waals surface area contributed by atoms with Gasteiger partial charge in [-0.2, -0.15) is 0 Å². The molecule has 6 aromatic carbocycles. The van der Waals surface area contributed by atoms with Crippen molar-refractivity contribution < 1.29 is 157 Å². The number of aromatic hydroxyl groups is 1. The van der Waals surface area contributed by atoms with Gasteiger partial charge in [0.05, 0.1) is 37.2 Å². The van der Waals surface area contributed by atoms with Gasteiger partial charge in [-0.05, 0) is 120 Å². The van der Waals surface area contributed by atoms with Crippen LogP contribution in [0.3, 0.4) is 0 Å². The molecule has 6 rings (SSSR count). The molecule has 0 aliphatic rings. The van der Waals surface area contributed by atoms with E-state index in [1.807, 2.05) is 22.8 Å². The Morgan fingerprint density at radius 3 is 1.19 bits per heavy atom. The van der Waals surface area contributed by atoms with Gasteiger partial charge in [-0.3, -0.25) is 72.1 Å². The summed E-state index contributed by atoms with van der Waals surface area (Å²) in [6, 6.07) is 15.9. The van der Waals surface area contributed by atoms with Crippen molar-refractivity contribution in [2.45, 2.75) is 151 Å². The number of phenolic OH excluding ortho intramolecular Hbond substituents is 1. The Labute approximate surface area is 757 Å². The van der Waals surface area contributed by atoms with Crippen LogP contribution in [0.25, 0.3) is 21.5 Å². The van der Waals surface area contributed by atoms with Crippen LogP contribution in [0, 0.1) is 0 Å². The third-order valence-corrected chi connectivity index (χ3v) is 20.6. The number of benzene rings is 6. The molecule has 6 aromatic rings. The zero-order valence-electron chi connectivity index (χ0n) is 71.6. The molecule has 133 heavy (non-hydrogen) atoms. The number of urea groups is 1. The van der Waals surface area contributed by atoms with Gasteiger partial charge in [0.2, 0.25) is 41.4 Å². The number of amides is 10. The Balaban J connectivity index is 1.17. The lowest BCUT2D eigenvalue weighted by molar-refractivity contribution is -0.143. The van der Waals surface area contributed by atoms with Crippen LogP contribution in [0.4, 0.5) is 4.79 Å². The van der Waals surface area contributed by atoms with E-state index in [4.69, 9.17) is 10.2 Å². The molecule has 10 amide bonds. The summed E-state index contributed by atoms with van der Waals surface area (Å²) in [7, 11) is 0. The van der Waals surface area contributed by atoms with Crippen LogP contribution < -0.4 is 63.8 Å². The second kappa shape index (κ2) is 54.2. The molecule has 0 aliphatic heterocycles. The third kappa shape index (κ3) is 38.9. The molecule has 0 aliphatic carbocycles. The fourth-order valence-corrected chi connectivity index (χ4v) is 13.7. The highest BCUT2D eigenvalue weighted by Gasteiger charge is 2.35. The molecule has 0 spiro atoms. The van der Waals surface area contributed by atoms with E-state index in [9.17, 15) is 137 Å². The lowest BCUT2D eigenvalue weighted by atomic mass is 9.98. The molecule has 46 heteroatoms. The van der Waals surface area contributed by atoms with Crippen LogP contribution in [0.15, 0.2) is 127 Å². The van der Waals surface area contributed by atoms with E-state index in [0.29, 0.717) is 22.1 Å². The Morgan fingerprint density at radius 2 is 0.714 bits per heavy atom. The number of nitrogens with one attached hydrogen (secondary N) is 12. The third-order valence-electron chi connectivity index (χ3n) is 20.6. The first kappa shape index (κ1) is 106. The molecule has 0 saturated heterocycles. The molecule has 0 radical (unpaired) electrons. The van der Waals surface area contributed by atoms with Gasteiger partial charge < -0.3 is 125 Å². The molecule has 0 heterocycles.